The van der Waals surface area contributed by atoms with Crippen molar-refractivity contribution in [3.05, 3.63) is 87.8 Å². The standard InChI is InChI=1S/C25H20ClF2NO4S2/c1-25(2,35(3,31)32)15-4-7-22-14(8-15)9-23(34-22)24(30)29-17-10-16(26)11-19(12-17)33-18-5-6-20(27)21(28)13-18/h4-13H,1-3H3,(H,29,30). The van der Waals surface area contributed by atoms with Crippen molar-refractivity contribution in [2.45, 2.75) is 18.6 Å². The van der Waals surface area contributed by atoms with E-state index in [0.717, 1.165) is 22.2 Å². The van der Waals surface area contributed by atoms with Crippen LogP contribution in [-0.4, -0.2) is 20.6 Å². The van der Waals surface area contributed by atoms with Gasteiger partial charge in [-0.15, -0.1) is 11.3 Å². The highest BCUT2D eigenvalue weighted by molar-refractivity contribution is 7.91. The lowest BCUT2D eigenvalue weighted by Gasteiger charge is -2.23. The SMILES string of the molecule is CC(C)(c1ccc2sc(C(=O)Nc3cc(Cl)cc(Oc4ccc(F)c(F)c4)c3)cc2c1)S(C)(=O)=O. The minimum Gasteiger partial charge on any atom is -0.457 e. The molecule has 4 rings (SSSR count). The van der Waals surface area contributed by atoms with Crippen LogP contribution in [0.15, 0.2) is 60.7 Å². The van der Waals surface area contributed by atoms with E-state index in [9.17, 15) is 22.0 Å². The van der Waals surface area contributed by atoms with Gasteiger partial charge in [-0.2, -0.15) is 0 Å². The molecule has 0 atom stereocenters. The van der Waals surface area contributed by atoms with Crippen molar-refractivity contribution in [2.24, 2.45) is 0 Å². The molecule has 5 nitrogen and oxygen atoms in total. The van der Waals surface area contributed by atoms with Crippen molar-refractivity contribution in [3.8, 4) is 11.5 Å². The zero-order chi connectivity index (χ0) is 25.5. The second-order valence-electron chi connectivity index (χ2n) is 8.45. The third-order valence-corrected chi connectivity index (χ3v) is 9.04. The van der Waals surface area contributed by atoms with Crippen LogP contribution in [0, 0.1) is 11.6 Å². The summed E-state index contributed by atoms with van der Waals surface area (Å²) >= 11 is 7.41. The first-order chi connectivity index (χ1) is 16.3. The molecule has 0 fully saturated rings. The fraction of sp³-hybridized carbons (Fsp3) is 0.160. The van der Waals surface area contributed by atoms with Crippen LogP contribution >= 0.6 is 22.9 Å². The molecule has 182 valence electrons. The number of amides is 1. The van der Waals surface area contributed by atoms with Gasteiger partial charge in [-0.25, -0.2) is 17.2 Å². The van der Waals surface area contributed by atoms with E-state index in [-0.39, 0.29) is 16.5 Å². The van der Waals surface area contributed by atoms with Gasteiger partial charge in [0.1, 0.15) is 11.5 Å². The Labute approximate surface area is 210 Å². The predicted octanol–water partition coefficient (Wildman–Crippen LogP) is 7.16. The summed E-state index contributed by atoms with van der Waals surface area (Å²) < 4.78 is 56.3. The third kappa shape index (κ3) is 5.32. The molecule has 0 aliphatic heterocycles. The second-order valence-corrected chi connectivity index (χ2v) is 12.5. The van der Waals surface area contributed by atoms with Crippen LogP contribution in [0.1, 0.15) is 29.1 Å². The molecule has 1 aromatic heterocycles. The predicted molar refractivity (Wildman–Crippen MR) is 136 cm³/mol. The number of halogens is 3. The van der Waals surface area contributed by atoms with Gasteiger partial charge in [-0.1, -0.05) is 17.7 Å². The van der Waals surface area contributed by atoms with Gasteiger partial charge in [0.2, 0.25) is 0 Å². The zero-order valence-corrected chi connectivity index (χ0v) is 21.2. The highest BCUT2D eigenvalue weighted by Gasteiger charge is 2.32. The molecule has 3 aromatic carbocycles. The third-order valence-electron chi connectivity index (χ3n) is 5.62. The van der Waals surface area contributed by atoms with Crippen LogP contribution in [0.3, 0.4) is 0 Å². The first kappa shape index (κ1) is 25.1. The molecule has 0 radical (unpaired) electrons. The van der Waals surface area contributed by atoms with Gasteiger partial charge in [0.15, 0.2) is 21.5 Å². The molecule has 0 aliphatic rings. The Morgan fingerprint density at radius 2 is 1.71 bits per heavy atom. The maximum atomic E-state index is 13.5. The van der Waals surface area contributed by atoms with Gasteiger partial charge in [0, 0.05) is 33.8 Å². The number of nitrogens with one attached hydrogen (secondary N) is 1. The normalized spacial score (nSPS) is 12.1. The maximum Gasteiger partial charge on any atom is 0.265 e. The number of thiophene rings is 1. The van der Waals surface area contributed by atoms with Gasteiger partial charge >= 0.3 is 0 Å². The molecule has 1 heterocycles. The molecule has 10 heteroatoms. The van der Waals surface area contributed by atoms with E-state index in [4.69, 9.17) is 16.3 Å². The van der Waals surface area contributed by atoms with E-state index in [2.05, 4.69) is 5.32 Å². The smallest absolute Gasteiger partial charge is 0.265 e. The molecule has 1 N–H and O–H groups in total. The average Bonchev–Trinajstić information content (AvgIpc) is 3.19. The molecular formula is C25H20ClF2NO4S2. The van der Waals surface area contributed by atoms with Gasteiger partial charge in [0.25, 0.3) is 5.91 Å². The summed E-state index contributed by atoms with van der Waals surface area (Å²) in [6, 6.07) is 14.6. The molecule has 0 bridgehead atoms. The molecule has 0 saturated carbocycles. The van der Waals surface area contributed by atoms with Crippen molar-refractivity contribution >= 4 is 54.5 Å². The van der Waals surface area contributed by atoms with Crippen LogP contribution in [0.4, 0.5) is 14.5 Å². The molecule has 1 amide bonds. The Bertz CT molecular complexity index is 1570. The number of rotatable bonds is 6. The fourth-order valence-electron chi connectivity index (χ4n) is 3.31. The zero-order valence-electron chi connectivity index (χ0n) is 18.9. The highest BCUT2D eigenvalue weighted by atomic mass is 35.5. The topological polar surface area (TPSA) is 72.5 Å². The summed E-state index contributed by atoms with van der Waals surface area (Å²) in [5.41, 5.74) is 0.975. The quantitative estimate of drug-likeness (QED) is 0.284. The summed E-state index contributed by atoms with van der Waals surface area (Å²) in [5, 5.41) is 3.77. The molecule has 0 unspecified atom stereocenters. The van der Waals surface area contributed by atoms with Crippen molar-refractivity contribution < 1.29 is 26.7 Å². The van der Waals surface area contributed by atoms with Crippen molar-refractivity contribution in [3.63, 3.8) is 0 Å². The number of hydrogen-bond acceptors (Lipinski definition) is 5. The summed E-state index contributed by atoms with van der Waals surface area (Å²) in [6.07, 6.45) is 1.19. The summed E-state index contributed by atoms with van der Waals surface area (Å²) in [6.45, 7) is 3.28. The van der Waals surface area contributed by atoms with Crippen LogP contribution in [0.2, 0.25) is 5.02 Å². The molecule has 4 aromatic rings. The number of fused-ring (bicyclic) bond motifs is 1. The minimum atomic E-state index is -3.35. The van der Waals surface area contributed by atoms with E-state index in [1.54, 1.807) is 38.1 Å². The van der Waals surface area contributed by atoms with Crippen LogP contribution < -0.4 is 10.1 Å². The first-order valence-corrected chi connectivity index (χ1v) is 13.4. The number of benzene rings is 3. The molecule has 0 spiro atoms. The van der Waals surface area contributed by atoms with Gasteiger partial charge < -0.3 is 10.1 Å². The van der Waals surface area contributed by atoms with E-state index in [0.29, 0.717) is 16.1 Å². The summed E-state index contributed by atoms with van der Waals surface area (Å²) in [5.74, 6) is -2.14. The van der Waals surface area contributed by atoms with E-state index >= 15 is 0 Å². The lowest BCUT2D eigenvalue weighted by atomic mass is 10.0. The highest BCUT2D eigenvalue weighted by Crippen LogP contribution is 2.35. The number of anilines is 1. The first-order valence-electron chi connectivity index (χ1n) is 10.3. The number of carbonyl (C=O) groups is 1. The van der Waals surface area contributed by atoms with Gasteiger partial charge in [-0.05, 0) is 67.3 Å². The molecule has 0 saturated heterocycles. The van der Waals surface area contributed by atoms with Crippen LogP contribution in [0.5, 0.6) is 11.5 Å². The van der Waals surface area contributed by atoms with Crippen molar-refractivity contribution in [2.75, 3.05) is 11.6 Å². The molecule has 0 aliphatic carbocycles. The van der Waals surface area contributed by atoms with Crippen molar-refractivity contribution in [1.29, 1.82) is 0 Å². The summed E-state index contributed by atoms with van der Waals surface area (Å²) in [4.78, 5) is 13.3. The average molecular weight is 536 g/mol. The lowest BCUT2D eigenvalue weighted by molar-refractivity contribution is 0.103. The van der Waals surface area contributed by atoms with Crippen molar-refractivity contribution in [1.82, 2.24) is 0 Å². The molecular weight excluding hydrogens is 516 g/mol. The maximum absolute atomic E-state index is 13.5. The summed E-state index contributed by atoms with van der Waals surface area (Å²) in [7, 11) is -3.35. The van der Waals surface area contributed by atoms with E-state index < -0.39 is 32.1 Å². The number of ether oxygens (including phenoxy) is 1. The lowest BCUT2D eigenvalue weighted by Crippen LogP contribution is -2.27. The van der Waals surface area contributed by atoms with Gasteiger partial charge in [0.05, 0.1) is 9.62 Å². The number of hydrogen-bond donors (Lipinski definition) is 1. The van der Waals surface area contributed by atoms with E-state index in [1.807, 2.05) is 0 Å². The Hall–Kier alpha value is -3.01. The monoisotopic (exact) mass is 535 g/mol. The number of sulfone groups is 1. The van der Waals surface area contributed by atoms with E-state index in [1.165, 1.54) is 41.9 Å². The van der Waals surface area contributed by atoms with Crippen LogP contribution in [0.25, 0.3) is 10.1 Å². The number of carbonyl (C=O) groups excluding carboxylic acids is 1. The van der Waals surface area contributed by atoms with Gasteiger partial charge in [-0.3, -0.25) is 4.79 Å². The fourth-order valence-corrected chi connectivity index (χ4v) is 5.03. The second kappa shape index (κ2) is 9.22. The Balaban J connectivity index is 1.57. The minimum absolute atomic E-state index is 0.0702. The van der Waals surface area contributed by atoms with Crippen LogP contribution in [-0.2, 0) is 14.6 Å². The Morgan fingerprint density at radius 3 is 2.40 bits per heavy atom. The molecule has 35 heavy (non-hydrogen) atoms. The largest absolute Gasteiger partial charge is 0.457 e. The Morgan fingerprint density at radius 1 is 0.971 bits per heavy atom. The Kier molecular flexibility index (Phi) is 6.61.